The van der Waals surface area contributed by atoms with Crippen LogP contribution in [0.15, 0.2) is 66.9 Å². The van der Waals surface area contributed by atoms with E-state index >= 15 is 0 Å². The summed E-state index contributed by atoms with van der Waals surface area (Å²) in [6.45, 7) is 0. The molecule has 120 valence electrons. The van der Waals surface area contributed by atoms with Crippen LogP contribution in [0.2, 0.25) is 0 Å². The third kappa shape index (κ3) is 1.99. The zero-order valence-electron chi connectivity index (χ0n) is 13.1. The lowest BCUT2D eigenvalue weighted by Gasteiger charge is -2.05. The summed E-state index contributed by atoms with van der Waals surface area (Å²) in [6.07, 6.45) is 1.70. The Kier molecular flexibility index (Phi) is 2.81. The molecular weight excluding hydrogens is 314 g/mol. The molecule has 7 heteroatoms. The molecule has 0 aliphatic carbocycles. The average molecular weight is 327 g/mol. The molecule has 0 atom stereocenters. The summed E-state index contributed by atoms with van der Waals surface area (Å²) in [5, 5.41) is 13.8. The van der Waals surface area contributed by atoms with E-state index in [0.717, 1.165) is 22.3 Å². The van der Waals surface area contributed by atoms with E-state index < -0.39 is 0 Å². The molecule has 0 unspecified atom stereocenters. The van der Waals surface area contributed by atoms with Crippen LogP contribution in [0.25, 0.3) is 33.6 Å². The van der Waals surface area contributed by atoms with E-state index in [9.17, 15) is 0 Å². The van der Waals surface area contributed by atoms with Crippen LogP contribution in [-0.4, -0.2) is 29.6 Å². The number of nitrogens with two attached hydrogens (primary N) is 1. The van der Waals surface area contributed by atoms with E-state index in [1.165, 1.54) is 0 Å². The molecule has 0 saturated carbocycles. The number of hydrogen-bond acceptors (Lipinski definition) is 5. The molecule has 7 nitrogen and oxygen atoms in total. The Labute approximate surface area is 142 Å². The lowest BCUT2D eigenvalue weighted by Crippen LogP contribution is -2.04. The normalized spacial score (nSPS) is 11.4. The largest absolute Gasteiger partial charge is 0.383 e. The maximum Gasteiger partial charge on any atom is 0.188 e. The van der Waals surface area contributed by atoms with Crippen LogP contribution in [0.5, 0.6) is 0 Å². The second-order valence-electron chi connectivity index (χ2n) is 5.67. The first-order chi connectivity index (χ1) is 12.3. The predicted octanol–water partition coefficient (Wildman–Crippen LogP) is 2.71. The molecule has 2 N–H and O–H groups in total. The number of hydrogen-bond donors (Lipinski definition) is 1. The number of benzene rings is 2. The SMILES string of the molecule is Nc1nc2c(-c3ccccc3)nnn2c2c1cnn2-c1ccccc1. The standard InChI is InChI=1S/C18H13N7/c19-16-14-11-20-24(13-9-5-2-6-10-13)18(14)25-17(21-16)15(22-23-25)12-7-3-1-4-8-12/h1-11H,(H2,19,21). The molecule has 5 aromatic rings. The van der Waals surface area contributed by atoms with Crippen molar-refractivity contribution in [3.05, 3.63) is 66.9 Å². The Morgan fingerprint density at radius 2 is 1.60 bits per heavy atom. The number of nitrogens with zero attached hydrogens (tertiary/aromatic N) is 6. The van der Waals surface area contributed by atoms with Crippen molar-refractivity contribution in [3.63, 3.8) is 0 Å². The number of fused-ring (bicyclic) bond motifs is 3. The monoisotopic (exact) mass is 327 g/mol. The highest BCUT2D eigenvalue weighted by Crippen LogP contribution is 2.27. The number of aromatic nitrogens is 6. The third-order valence-electron chi connectivity index (χ3n) is 4.14. The van der Waals surface area contributed by atoms with Crippen LogP contribution in [0.1, 0.15) is 0 Å². The van der Waals surface area contributed by atoms with Gasteiger partial charge in [-0.1, -0.05) is 53.7 Å². The molecule has 2 aromatic carbocycles. The van der Waals surface area contributed by atoms with Gasteiger partial charge < -0.3 is 5.73 Å². The molecule has 5 rings (SSSR count). The van der Waals surface area contributed by atoms with Crippen molar-refractivity contribution in [1.82, 2.24) is 29.6 Å². The predicted molar refractivity (Wildman–Crippen MR) is 95.3 cm³/mol. The second kappa shape index (κ2) is 5.13. The van der Waals surface area contributed by atoms with Gasteiger partial charge in [-0.25, -0.2) is 9.67 Å². The summed E-state index contributed by atoms with van der Waals surface area (Å²) in [7, 11) is 0. The lowest BCUT2D eigenvalue weighted by molar-refractivity contribution is 0.820. The Morgan fingerprint density at radius 1 is 0.880 bits per heavy atom. The molecule has 3 aromatic heterocycles. The summed E-state index contributed by atoms with van der Waals surface area (Å²) in [5.74, 6) is 0.407. The molecule has 0 amide bonds. The molecule has 3 heterocycles. The van der Waals surface area contributed by atoms with Crippen molar-refractivity contribution in [2.24, 2.45) is 0 Å². The van der Waals surface area contributed by atoms with E-state index in [1.807, 2.05) is 60.7 Å². The van der Waals surface area contributed by atoms with E-state index in [1.54, 1.807) is 15.4 Å². The van der Waals surface area contributed by atoms with Gasteiger partial charge in [-0.05, 0) is 12.1 Å². The molecular formula is C18H13N7. The molecule has 0 fully saturated rings. The first-order valence-electron chi connectivity index (χ1n) is 7.82. The number of anilines is 1. The smallest absolute Gasteiger partial charge is 0.188 e. The molecule has 0 aliphatic rings. The fourth-order valence-electron chi connectivity index (χ4n) is 2.96. The van der Waals surface area contributed by atoms with Gasteiger partial charge in [0.2, 0.25) is 0 Å². The van der Waals surface area contributed by atoms with Crippen molar-refractivity contribution in [3.8, 4) is 16.9 Å². The molecule has 25 heavy (non-hydrogen) atoms. The van der Waals surface area contributed by atoms with E-state index in [-0.39, 0.29) is 0 Å². The highest BCUT2D eigenvalue weighted by atomic mass is 15.5. The summed E-state index contributed by atoms with van der Waals surface area (Å²) >= 11 is 0. The zero-order valence-corrected chi connectivity index (χ0v) is 13.1. The first kappa shape index (κ1) is 13.7. The fourth-order valence-corrected chi connectivity index (χ4v) is 2.96. The van der Waals surface area contributed by atoms with Crippen LogP contribution in [0.3, 0.4) is 0 Å². The van der Waals surface area contributed by atoms with Gasteiger partial charge in [0.1, 0.15) is 11.5 Å². The van der Waals surface area contributed by atoms with Gasteiger partial charge in [0.05, 0.1) is 17.3 Å². The Hall–Kier alpha value is -3.74. The fraction of sp³-hybridized carbons (Fsp3) is 0. The van der Waals surface area contributed by atoms with Crippen LogP contribution < -0.4 is 5.73 Å². The number of rotatable bonds is 2. The van der Waals surface area contributed by atoms with Gasteiger partial charge in [-0.15, -0.1) is 5.10 Å². The van der Waals surface area contributed by atoms with Gasteiger partial charge >= 0.3 is 0 Å². The van der Waals surface area contributed by atoms with Crippen LogP contribution >= 0.6 is 0 Å². The first-order valence-corrected chi connectivity index (χ1v) is 7.82. The Morgan fingerprint density at radius 3 is 2.36 bits per heavy atom. The van der Waals surface area contributed by atoms with Crippen molar-refractivity contribution in [2.45, 2.75) is 0 Å². The quantitative estimate of drug-likeness (QED) is 0.539. The minimum absolute atomic E-state index is 0.407. The summed E-state index contributed by atoms with van der Waals surface area (Å²) in [4.78, 5) is 4.51. The van der Waals surface area contributed by atoms with Crippen LogP contribution in [-0.2, 0) is 0 Å². The minimum atomic E-state index is 0.407. The van der Waals surface area contributed by atoms with E-state index in [0.29, 0.717) is 17.2 Å². The summed E-state index contributed by atoms with van der Waals surface area (Å²) < 4.78 is 3.48. The number of nitrogen functional groups attached to an aromatic ring is 1. The van der Waals surface area contributed by atoms with Crippen LogP contribution in [0, 0.1) is 0 Å². The summed E-state index contributed by atoms with van der Waals surface area (Å²) in [5.41, 5.74) is 10.1. The highest BCUT2D eigenvalue weighted by Gasteiger charge is 2.18. The Bertz CT molecular complexity index is 1190. The van der Waals surface area contributed by atoms with Gasteiger partial charge in [-0.3, -0.25) is 0 Å². The van der Waals surface area contributed by atoms with Crippen molar-refractivity contribution < 1.29 is 0 Å². The average Bonchev–Trinajstić information content (AvgIpc) is 3.27. The third-order valence-corrected chi connectivity index (χ3v) is 4.14. The van der Waals surface area contributed by atoms with Crippen LogP contribution in [0.4, 0.5) is 5.82 Å². The van der Waals surface area contributed by atoms with E-state index in [2.05, 4.69) is 20.4 Å². The molecule has 0 spiro atoms. The van der Waals surface area contributed by atoms with Gasteiger partial charge in [0.15, 0.2) is 11.3 Å². The van der Waals surface area contributed by atoms with Crippen molar-refractivity contribution in [2.75, 3.05) is 5.73 Å². The summed E-state index contributed by atoms with van der Waals surface area (Å²) in [6, 6.07) is 19.6. The maximum absolute atomic E-state index is 6.19. The molecule has 0 saturated heterocycles. The van der Waals surface area contributed by atoms with Crippen molar-refractivity contribution >= 4 is 22.5 Å². The second-order valence-corrected chi connectivity index (χ2v) is 5.67. The topological polar surface area (TPSA) is 86.9 Å². The van der Waals surface area contributed by atoms with E-state index in [4.69, 9.17) is 5.73 Å². The van der Waals surface area contributed by atoms with Gasteiger partial charge in [0.25, 0.3) is 0 Å². The van der Waals surface area contributed by atoms with Gasteiger partial charge in [0, 0.05) is 5.56 Å². The molecule has 0 bridgehead atoms. The number of para-hydroxylation sites is 1. The lowest BCUT2D eigenvalue weighted by atomic mass is 10.1. The minimum Gasteiger partial charge on any atom is -0.383 e. The molecule has 0 radical (unpaired) electrons. The highest BCUT2D eigenvalue weighted by molar-refractivity contribution is 5.90. The Balaban J connectivity index is 1.87. The zero-order chi connectivity index (χ0) is 16.8. The van der Waals surface area contributed by atoms with Crippen molar-refractivity contribution in [1.29, 1.82) is 0 Å². The molecule has 0 aliphatic heterocycles. The maximum atomic E-state index is 6.19. The van der Waals surface area contributed by atoms with Gasteiger partial charge in [-0.2, -0.15) is 9.61 Å².